The minimum absolute atomic E-state index is 0.0954. The molecular formula is C11H21NO2. The minimum Gasteiger partial charge on any atom is -0.375 e. The Balaban J connectivity index is 2.24. The first-order valence-electron chi connectivity index (χ1n) is 5.47. The lowest BCUT2D eigenvalue weighted by molar-refractivity contribution is -0.134. The lowest BCUT2D eigenvalue weighted by atomic mass is 9.89. The molecule has 14 heavy (non-hydrogen) atoms. The van der Waals surface area contributed by atoms with E-state index in [1.165, 1.54) is 32.1 Å². The van der Waals surface area contributed by atoms with Crippen molar-refractivity contribution < 1.29 is 9.53 Å². The van der Waals surface area contributed by atoms with Crippen molar-refractivity contribution in [3.05, 3.63) is 0 Å². The molecule has 1 rings (SSSR count). The quantitative estimate of drug-likeness (QED) is 0.689. The van der Waals surface area contributed by atoms with Crippen molar-refractivity contribution in [2.75, 3.05) is 27.3 Å². The summed E-state index contributed by atoms with van der Waals surface area (Å²) in [5.74, 6) is 0.813. The Hall–Kier alpha value is -0.570. The third kappa shape index (κ3) is 3.66. The molecule has 0 aromatic carbocycles. The van der Waals surface area contributed by atoms with E-state index in [0.29, 0.717) is 0 Å². The molecule has 0 spiro atoms. The molecule has 1 aliphatic carbocycles. The minimum atomic E-state index is 0.0954. The van der Waals surface area contributed by atoms with E-state index in [1.807, 2.05) is 7.05 Å². The molecule has 0 atom stereocenters. The van der Waals surface area contributed by atoms with Crippen molar-refractivity contribution in [2.24, 2.45) is 5.92 Å². The Kier molecular flexibility index (Phi) is 4.94. The number of carbonyl (C=O) groups excluding carboxylic acids is 1. The van der Waals surface area contributed by atoms with Crippen LogP contribution in [0.4, 0.5) is 0 Å². The van der Waals surface area contributed by atoms with E-state index in [1.54, 1.807) is 12.0 Å². The molecular weight excluding hydrogens is 178 g/mol. The third-order valence-electron chi connectivity index (χ3n) is 2.95. The average Bonchev–Trinajstić information content (AvgIpc) is 2.19. The van der Waals surface area contributed by atoms with E-state index < -0.39 is 0 Å². The Bertz CT molecular complexity index is 176. The number of hydrogen-bond donors (Lipinski definition) is 0. The maximum Gasteiger partial charge on any atom is 0.248 e. The molecule has 0 saturated heterocycles. The molecule has 0 unspecified atom stereocenters. The maximum atomic E-state index is 11.4. The van der Waals surface area contributed by atoms with Gasteiger partial charge in [0.2, 0.25) is 5.91 Å². The number of amides is 1. The lowest BCUT2D eigenvalue weighted by Gasteiger charge is -2.26. The van der Waals surface area contributed by atoms with Crippen LogP contribution in [-0.4, -0.2) is 38.1 Å². The summed E-state index contributed by atoms with van der Waals surface area (Å²) in [7, 11) is 3.43. The second-order valence-electron chi connectivity index (χ2n) is 4.21. The van der Waals surface area contributed by atoms with Gasteiger partial charge in [0.15, 0.2) is 0 Å². The van der Waals surface area contributed by atoms with E-state index in [0.717, 1.165) is 12.5 Å². The fourth-order valence-electron chi connectivity index (χ4n) is 2.09. The van der Waals surface area contributed by atoms with Crippen LogP contribution in [0.1, 0.15) is 32.1 Å². The second kappa shape index (κ2) is 6.02. The van der Waals surface area contributed by atoms with Gasteiger partial charge in [-0.25, -0.2) is 0 Å². The highest BCUT2D eigenvalue weighted by Crippen LogP contribution is 2.23. The van der Waals surface area contributed by atoms with Crippen LogP contribution in [0, 0.1) is 5.92 Å². The molecule has 0 N–H and O–H groups in total. The van der Waals surface area contributed by atoms with Gasteiger partial charge >= 0.3 is 0 Å². The summed E-state index contributed by atoms with van der Waals surface area (Å²) in [5, 5.41) is 0. The van der Waals surface area contributed by atoms with Crippen LogP contribution in [-0.2, 0) is 9.53 Å². The number of ether oxygens (including phenoxy) is 1. The summed E-state index contributed by atoms with van der Waals surface area (Å²) in [6.07, 6.45) is 6.59. The van der Waals surface area contributed by atoms with Crippen LogP contribution in [0.25, 0.3) is 0 Å². The van der Waals surface area contributed by atoms with Crippen molar-refractivity contribution in [2.45, 2.75) is 32.1 Å². The summed E-state index contributed by atoms with van der Waals surface area (Å²) in [6.45, 7) is 1.12. The zero-order valence-electron chi connectivity index (χ0n) is 9.29. The molecule has 0 aliphatic heterocycles. The van der Waals surface area contributed by atoms with E-state index in [9.17, 15) is 4.79 Å². The third-order valence-corrected chi connectivity index (χ3v) is 2.95. The Morgan fingerprint density at radius 2 is 2.00 bits per heavy atom. The van der Waals surface area contributed by atoms with Gasteiger partial charge in [-0.3, -0.25) is 4.79 Å². The summed E-state index contributed by atoms with van der Waals surface area (Å²) in [4.78, 5) is 13.2. The SMILES string of the molecule is COCC(=O)N(C)CC1CCCCC1. The first kappa shape index (κ1) is 11.5. The Morgan fingerprint density at radius 3 is 2.57 bits per heavy atom. The van der Waals surface area contributed by atoms with Gasteiger partial charge in [-0.05, 0) is 18.8 Å². The van der Waals surface area contributed by atoms with Gasteiger partial charge in [0.1, 0.15) is 6.61 Å². The Labute approximate surface area is 86.4 Å². The summed E-state index contributed by atoms with van der Waals surface area (Å²) < 4.78 is 4.82. The molecule has 0 aromatic rings. The zero-order chi connectivity index (χ0) is 10.4. The summed E-state index contributed by atoms with van der Waals surface area (Å²) in [5.41, 5.74) is 0. The standard InChI is InChI=1S/C11H21NO2/c1-12(11(13)9-14-2)8-10-6-4-3-5-7-10/h10H,3-9H2,1-2H3. The number of carbonyl (C=O) groups is 1. The monoisotopic (exact) mass is 199 g/mol. The van der Waals surface area contributed by atoms with Gasteiger partial charge < -0.3 is 9.64 Å². The van der Waals surface area contributed by atoms with Crippen molar-refractivity contribution >= 4 is 5.91 Å². The van der Waals surface area contributed by atoms with Crippen molar-refractivity contribution in [1.29, 1.82) is 0 Å². The molecule has 0 heterocycles. The van der Waals surface area contributed by atoms with Gasteiger partial charge in [-0.1, -0.05) is 19.3 Å². The topological polar surface area (TPSA) is 29.5 Å². The highest BCUT2D eigenvalue weighted by molar-refractivity contribution is 5.77. The molecule has 3 nitrogen and oxygen atoms in total. The van der Waals surface area contributed by atoms with Gasteiger partial charge in [0.05, 0.1) is 0 Å². The number of rotatable bonds is 4. The van der Waals surface area contributed by atoms with Crippen molar-refractivity contribution in [3.8, 4) is 0 Å². The molecule has 82 valence electrons. The van der Waals surface area contributed by atoms with Gasteiger partial charge in [0, 0.05) is 20.7 Å². The summed E-state index contributed by atoms with van der Waals surface area (Å²) in [6, 6.07) is 0. The molecule has 0 aromatic heterocycles. The zero-order valence-corrected chi connectivity index (χ0v) is 9.29. The van der Waals surface area contributed by atoms with Crippen LogP contribution < -0.4 is 0 Å². The second-order valence-corrected chi connectivity index (χ2v) is 4.21. The van der Waals surface area contributed by atoms with Gasteiger partial charge in [0.25, 0.3) is 0 Å². The highest BCUT2D eigenvalue weighted by atomic mass is 16.5. The summed E-state index contributed by atoms with van der Waals surface area (Å²) >= 11 is 0. The first-order valence-corrected chi connectivity index (χ1v) is 5.47. The van der Waals surface area contributed by atoms with Crippen molar-refractivity contribution in [3.63, 3.8) is 0 Å². The predicted octanol–water partition coefficient (Wildman–Crippen LogP) is 1.67. The molecule has 3 heteroatoms. The van der Waals surface area contributed by atoms with Crippen LogP contribution >= 0.6 is 0 Å². The highest BCUT2D eigenvalue weighted by Gasteiger charge is 2.17. The van der Waals surface area contributed by atoms with Gasteiger partial charge in [-0.2, -0.15) is 0 Å². The van der Waals surface area contributed by atoms with E-state index in [-0.39, 0.29) is 12.5 Å². The van der Waals surface area contributed by atoms with E-state index in [2.05, 4.69) is 0 Å². The Morgan fingerprint density at radius 1 is 1.36 bits per heavy atom. The molecule has 1 amide bonds. The number of likely N-dealkylation sites (N-methyl/N-ethyl adjacent to an activating group) is 1. The molecule has 0 bridgehead atoms. The smallest absolute Gasteiger partial charge is 0.248 e. The molecule has 0 radical (unpaired) electrons. The number of nitrogens with zero attached hydrogens (tertiary/aromatic N) is 1. The number of hydrogen-bond acceptors (Lipinski definition) is 2. The lowest BCUT2D eigenvalue weighted by Crippen LogP contribution is -2.34. The van der Waals surface area contributed by atoms with Crippen LogP contribution in [0.2, 0.25) is 0 Å². The van der Waals surface area contributed by atoms with Crippen molar-refractivity contribution in [1.82, 2.24) is 4.90 Å². The maximum absolute atomic E-state index is 11.4. The first-order chi connectivity index (χ1) is 6.74. The fraction of sp³-hybridized carbons (Fsp3) is 0.909. The molecule has 1 aliphatic rings. The predicted molar refractivity (Wildman–Crippen MR) is 56.1 cm³/mol. The molecule has 1 saturated carbocycles. The largest absolute Gasteiger partial charge is 0.375 e. The fourth-order valence-corrected chi connectivity index (χ4v) is 2.09. The van der Waals surface area contributed by atoms with Crippen LogP contribution in [0.15, 0.2) is 0 Å². The van der Waals surface area contributed by atoms with Gasteiger partial charge in [-0.15, -0.1) is 0 Å². The van der Waals surface area contributed by atoms with Crippen LogP contribution in [0.3, 0.4) is 0 Å². The van der Waals surface area contributed by atoms with E-state index >= 15 is 0 Å². The van der Waals surface area contributed by atoms with Crippen LogP contribution in [0.5, 0.6) is 0 Å². The number of methoxy groups -OCH3 is 1. The normalized spacial score (nSPS) is 18.1. The molecule has 1 fully saturated rings. The average molecular weight is 199 g/mol. The van der Waals surface area contributed by atoms with E-state index in [4.69, 9.17) is 4.74 Å².